The third-order valence-electron chi connectivity index (χ3n) is 8.91. The highest BCUT2D eigenvalue weighted by molar-refractivity contribution is 6.00. The fourth-order valence-electron chi connectivity index (χ4n) is 8.10. The molecule has 2 aliphatic heterocycles. The maximum absolute atomic E-state index is 13.4. The van der Waals surface area contributed by atoms with E-state index in [0.717, 1.165) is 53.5 Å². The Morgan fingerprint density at radius 1 is 1.17 bits per heavy atom. The minimum atomic E-state index is 0.00552. The monoisotopic (exact) mass is 484 g/mol. The standard InChI is InChI=1S/C30H32N2O4/c1-29-11-20-9-21(12-29)14-30(13-20,17-29)15-27(33)31-24-4-2-3-23-22(24)7-8-32(28(23)34)16-19-5-6-25-26(10-19)36-18-35-25/h2-6,10-11,21H,7-9,12-18H2,1H3,(H,31,33). The van der Waals surface area contributed by atoms with E-state index in [2.05, 4.69) is 18.3 Å². The summed E-state index contributed by atoms with van der Waals surface area (Å²) >= 11 is 0. The van der Waals surface area contributed by atoms with Gasteiger partial charge in [-0.2, -0.15) is 0 Å². The summed E-state index contributed by atoms with van der Waals surface area (Å²) in [6, 6.07) is 11.5. The van der Waals surface area contributed by atoms with Gasteiger partial charge in [-0.05, 0) is 90.7 Å². The summed E-state index contributed by atoms with van der Waals surface area (Å²) in [5.41, 5.74) is 5.41. The molecular formula is C30H32N2O4. The maximum Gasteiger partial charge on any atom is 0.254 e. The fourth-order valence-corrected chi connectivity index (χ4v) is 8.10. The second kappa shape index (κ2) is 7.86. The van der Waals surface area contributed by atoms with Crippen molar-refractivity contribution in [2.75, 3.05) is 18.7 Å². The van der Waals surface area contributed by atoms with Crippen LogP contribution in [-0.4, -0.2) is 30.1 Å². The van der Waals surface area contributed by atoms with E-state index >= 15 is 0 Å². The lowest BCUT2D eigenvalue weighted by molar-refractivity contribution is -0.121. The van der Waals surface area contributed by atoms with Gasteiger partial charge < -0.3 is 19.7 Å². The summed E-state index contributed by atoms with van der Waals surface area (Å²) in [4.78, 5) is 28.6. The molecule has 0 saturated heterocycles. The average molecular weight is 485 g/mol. The summed E-state index contributed by atoms with van der Waals surface area (Å²) in [6.07, 6.45) is 9.68. The van der Waals surface area contributed by atoms with Gasteiger partial charge >= 0.3 is 0 Å². The molecule has 2 aromatic rings. The normalized spacial score (nSPS) is 29.2. The van der Waals surface area contributed by atoms with Crippen LogP contribution in [-0.2, 0) is 17.8 Å². The van der Waals surface area contributed by atoms with Crippen molar-refractivity contribution in [2.24, 2.45) is 16.7 Å². The number of fused-ring (bicyclic) bond motifs is 2. The predicted molar refractivity (Wildman–Crippen MR) is 136 cm³/mol. The Kier molecular flexibility index (Phi) is 4.79. The van der Waals surface area contributed by atoms with Gasteiger partial charge in [0.05, 0.1) is 0 Å². The Morgan fingerprint density at radius 3 is 2.92 bits per heavy atom. The van der Waals surface area contributed by atoms with Gasteiger partial charge in [-0.15, -0.1) is 0 Å². The molecule has 2 aromatic carbocycles. The molecule has 6 aliphatic rings. The summed E-state index contributed by atoms with van der Waals surface area (Å²) in [5.74, 6) is 2.30. The van der Waals surface area contributed by atoms with Crippen LogP contribution < -0.4 is 14.8 Å². The molecule has 4 aliphatic carbocycles. The van der Waals surface area contributed by atoms with Crippen LogP contribution in [0.5, 0.6) is 11.5 Å². The fraction of sp³-hybridized carbons (Fsp3) is 0.467. The molecule has 0 spiro atoms. The first-order valence-electron chi connectivity index (χ1n) is 13.2. The van der Waals surface area contributed by atoms with E-state index in [1.54, 1.807) is 5.57 Å². The van der Waals surface area contributed by atoms with Crippen LogP contribution in [0.4, 0.5) is 5.69 Å². The van der Waals surface area contributed by atoms with E-state index < -0.39 is 0 Å². The summed E-state index contributed by atoms with van der Waals surface area (Å²) in [6.45, 7) is 3.75. The molecular weight excluding hydrogens is 452 g/mol. The van der Waals surface area contributed by atoms with Crippen molar-refractivity contribution in [2.45, 2.75) is 58.4 Å². The topological polar surface area (TPSA) is 67.9 Å². The number of carbonyl (C=O) groups is 2. The second-order valence-corrected chi connectivity index (χ2v) is 12.0. The highest BCUT2D eigenvalue weighted by Crippen LogP contribution is 2.63. The number of nitrogens with one attached hydrogen (secondary N) is 1. The zero-order valence-electron chi connectivity index (χ0n) is 20.8. The molecule has 6 heteroatoms. The molecule has 3 atom stereocenters. The number of amides is 2. The first kappa shape index (κ1) is 22.0. The minimum Gasteiger partial charge on any atom is -0.454 e. The van der Waals surface area contributed by atoms with Crippen molar-refractivity contribution in [3.05, 3.63) is 64.7 Å². The van der Waals surface area contributed by atoms with E-state index in [9.17, 15) is 9.59 Å². The Balaban J connectivity index is 1.06. The van der Waals surface area contributed by atoms with Crippen LogP contribution in [0.1, 0.15) is 66.9 Å². The lowest BCUT2D eigenvalue weighted by Crippen LogP contribution is -2.47. The number of ether oxygens (including phenoxy) is 2. The average Bonchev–Trinajstić information content (AvgIpc) is 3.27. The van der Waals surface area contributed by atoms with Crippen molar-refractivity contribution in [3.8, 4) is 11.5 Å². The first-order chi connectivity index (χ1) is 17.4. The highest BCUT2D eigenvalue weighted by atomic mass is 16.7. The number of benzene rings is 2. The van der Waals surface area contributed by atoms with Crippen LogP contribution in [0.2, 0.25) is 0 Å². The number of hydrogen-bond donors (Lipinski definition) is 1. The Labute approximate surface area is 211 Å². The number of rotatable bonds is 5. The lowest BCUT2D eigenvalue weighted by atomic mass is 9.48. The first-order valence-corrected chi connectivity index (χ1v) is 13.2. The molecule has 4 bridgehead atoms. The Bertz CT molecular complexity index is 1320. The van der Waals surface area contributed by atoms with Gasteiger partial charge in [0.1, 0.15) is 0 Å². The molecule has 2 saturated carbocycles. The Hall–Kier alpha value is -3.28. The van der Waals surface area contributed by atoms with Gasteiger partial charge in [-0.3, -0.25) is 9.59 Å². The molecule has 0 aromatic heterocycles. The summed E-state index contributed by atoms with van der Waals surface area (Å²) in [7, 11) is 0. The third-order valence-corrected chi connectivity index (χ3v) is 8.91. The van der Waals surface area contributed by atoms with Gasteiger partial charge in [0, 0.05) is 30.8 Å². The molecule has 2 heterocycles. The van der Waals surface area contributed by atoms with Gasteiger partial charge in [-0.1, -0.05) is 30.7 Å². The largest absolute Gasteiger partial charge is 0.454 e. The summed E-state index contributed by atoms with van der Waals surface area (Å²) in [5, 5.41) is 3.21. The molecule has 2 fully saturated rings. The highest BCUT2D eigenvalue weighted by Gasteiger charge is 2.52. The molecule has 186 valence electrons. The van der Waals surface area contributed by atoms with Crippen LogP contribution >= 0.6 is 0 Å². The van der Waals surface area contributed by atoms with E-state index in [1.807, 2.05) is 41.3 Å². The van der Waals surface area contributed by atoms with Crippen molar-refractivity contribution < 1.29 is 19.1 Å². The minimum absolute atomic E-state index is 0.00552. The predicted octanol–water partition coefficient (Wildman–Crippen LogP) is 5.47. The van der Waals surface area contributed by atoms with Gasteiger partial charge in [0.2, 0.25) is 12.7 Å². The zero-order valence-corrected chi connectivity index (χ0v) is 20.8. The van der Waals surface area contributed by atoms with E-state index in [1.165, 1.54) is 19.3 Å². The van der Waals surface area contributed by atoms with Gasteiger partial charge in [0.25, 0.3) is 5.91 Å². The van der Waals surface area contributed by atoms with Crippen LogP contribution in [0.25, 0.3) is 0 Å². The lowest BCUT2D eigenvalue weighted by Gasteiger charge is -2.57. The van der Waals surface area contributed by atoms with Gasteiger partial charge in [-0.25, -0.2) is 0 Å². The van der Waals surface area contributed by atoms with E-state index in [-0.39, 0.29) is 29.4 Å². The van der Waals surface area contributed by atoms with Crippen LogP contribution in [0.15, 0.2) is 48.0 Å². The van der Waals surface area contributed by atoms with Crippen molar-refractivity contribution in [1.29, 1.82) is 0 Å². The molecule has 0 radical (unpaired) electrons. The molecule has 8 rings (SSSR count). The number of anilines is 1. The Morgan fingerprint density at radius 2 is 2.06 bits per heavy atom. The van der Waals surface area contributed by atoms with E-state index in [0.29, 0.717) is 25.1 Å². The number of allylic oxidation sites excluding steroid dienone is 2. The third kappa shape index (κ3) is 3.69. The zero-order chi connectivity index (χ0) is 24.5. The van der Waals surface area contributed by atoms with Crippen LogP contribution in [0, 0.1) is 16.7 Å². The quantitative estimate of drug-likeness (QED) is 0.572. The van der Waals surface area contributed by atoms with Gasteiger partial charge in [0.15, 0.2) is 11.5 Å². The van der Waals surface area contributed by atoms with Crippen molar-refractivity contribution >= 4 is 17.5 Å². The molecule has 2 amide bonds. The summed E-state index contributed by atoms with van der Waals surface area (Å²) < 4.78 is 10.9. The van der Waals surface area contributed by atoms with Crippen molar-refractivity contribution in [3.63, 3.8) is 0 Å². The maximum atomic E-state index is 13.4. The number of nitrogens with zero attached hydrogens (tertiary/aromatic N) is 1. The second-order valence-electron chi connectivity index (χ2n) is 12.0. The number of carbonyl (C=O) groups excluding carboxylic acids is 2. The van der Waals surface area contributed by atoms with Crippen LogP contribution in [0.3, 0.4) is 0 Å². The molecule has 1 N–H and O–H groups in total. The number of hydrogen-bond acceptors (Lipinski definition) is 4. The molecule has 36 heavy (non-hydrogen) atoms. The van der Waals surface area contributed by atoms with Crippen molar-refractivity contribution in [1.82, 2.24) is 4.90 Å². The molecule has 3 unspecified atom stereocenters. The molecule has 6 nitrogen and oxygen atoms in total. The smallest absolute Gasteiger partial charge is 0.254 e. The SMILES string of the molecule is CC12C=C3CC(C1)CC(CC(=O)Nc1cccc4c1CCN(Cc1ccc5c(c1)OCO5)C4=O)(C3)C2. The van der Waals surface area contributed by atoms with E-state index in [4.69, 9.17) is 9.47 Å².